The minimum atomic E-state index is -0.301. The second-order valence-corrected chi connectivity index (χ2v) is 5.55. The number of aryl methyl sites for hydroxylation is 2. The van der Waals surface area contributed by atoms with Crippen molar-refractivity contribution in [2.24, 2.45) is 0 Å². The third-order valence-electron chi connectivity index (χ3n) is 3.87. The fourth-order valence-corrected chi connectivity index (χ4v) is 2.42. The molecule has 0 aliphatic rings. The summed E-state index contributed by atoms with van der Waals surface area (Å²) in [6.45, 7) is 4.20. The first-order valence-electron chi connectivity index (χ1n) is 7.37. The summed E-state index contributed by atoms with van der Waals surface area (Å²) in [5.41, 5.74) is 3.75. The van der Waals surface area contributed by atoms with Crippen LogP contribution in [0.5, 0.6) is 0 Å². The van der Waals surface area contributed by atoms with Gasteiger partial charge in [-0.05, 0) is 60.7 Å². The SMILES string of the molecule is Cc1cc2cc(CNC(=O)c3ccccn3)c(=O)[nH]c2cc1C. The molecule has 0 unspecified atom stereocenters. The highest BCUT2D eigenvalue weighted by molar-refractivity contribution is 5.92. The molecule has 0 atom stereocenters. The van der Waals surface area contributed by atoms with Gasteiger partial charge in [-0.25, -0.2) is 0 Å². The van der Waals surface area contributed by atoms with Gasteiger partial charge < -0.3 is 10.3 Å². The van der Waals surface area contributed by atoms with Gasteiger partial charge in [-0.2, -0.15) is 0 Å². The number of H-pyrrole nitrogens is 1. The average Bonchev–Trinajstić information content (AvgIpc) is 2.55. The summed E-state index contributed by atoms with van der Waals surface area (Å²) in [6, 6.07) is 10.9. The quantitative estimate of drug-likeness (QED) is 0.780. The van der Waals surface area contributed by atoms with E-state index in [-0.39, 0.29) is 18.0 Å². The molecule has 116 valence electrons. The van der Waals surface area contributed by atoms with Gasteiger partial charge in [0.05, 0.1) is 0 Å². The number of aromatic nitrogens is 2. The number of hydrogen-bond acceptors (Lipinski definition) is 3. The van der Waals surface area contributed by atoms with Crippen LogP contribution in [-0.2, 0) is 6.54 Å². The van der Waals surface area contributed by atoms with Crippen molar-refractivity contribution in [2.75, 3.05) is 0 Å². The van der Waals surface area contributed by atoms with Crippen LogP contribution in [-0.4, -0.2) is 15.9 Å². The van der Waals surface area contributed by atoms with Gasteiger partial charge in [0.2, 0.25) is 0 Å². The Morgan fingerprint density at radius 2 is 1.96 bits per heavy atom. The molecule has 0 fully saturated rings. The van der Waals surface area contributed by atoms with Gasteiger partial charge in [0.1, 0.15) is 5.69 Å². The van der Waals surface area contributed by atoms with Gasteiger partial charge in [-0.3, -0.25) is 14.6 Å². The molecule has 3 rings (SSSR count). The smallest absolute Gasteiger partial charge is 0.270 e. The molecular weight excluding hydrogens is 290 g/mol. The van der Waals surface area contributed by atoms with E-state index in [1.165, 1.54) is 0 Å². The molecule has 0 radical (unpaired) electrons. The summed E-state index contributed by atoms with van der Waals surface area (Å²) in [6.07, 6.45) is 1.56. The predicted octanol–water partition coefficient (Wildman–Crippen LogP) is 2.47. The van der Waals surface area contributed by atoms with Gasteiger partial charge in [-0.1, -0.05) is 6.07 Å². The number of fused-ring (bicyclic) bond motifs is 1. The number of rotatable bonds is 3. The molecule has 2 aromatic heterocycles. The van der Waals surface area contributed by atoms with Gasteiger partial charge in [-0.15, -0.1) is 0 Å². The number of aromatic amines is 1. The van der Waals surface area contributed by atoms with Crippen molar-refractivity contribution in [3.8, 4) is 0 Å². The minimum Gasteiger partial charge on any atom is -0.346 e. The molecule has 0 aliphatic heterocycles. The Morgan fingerprint density at radius 3 is 2.70 bits per heavy atom. The molecule has 2 heterocycles. The van der Waals surface area contributed by atoms with Crippen LogP contribution in [0.25, 0.3) is 10.9 Å². The van der Waals surface area contributed by atoms with Crippen LogP contribution >= 0.6 is 0 Å². The summed E-state index contributed by atoms with van der Waals surface area (Å²) in [5, 5.41) is 3.68. The molecule has 3 aromatic rings. The van der Waals surface area contributed by atoms with E-state index in [4.69, 9.17) is 0 Å². The molecule has 23 heavy (non-hydrogen) atoms. The third-order valence-corrected chi connectivity index (χ3v) is 3.87. The third kappa shape index (κ3) is 3.13. The van der Waals surface area contributed by atoms with E-state index in [0.29, 0.717) is 11.3 Å². The highest BCUT2D eigenvalue weighted by Crippen LogP contribution is 2.17. The summed E-state index contributed by atoms with van der Waals surface area (Å²) in [7, 11) is 0. The van der Waals surface area contributed by atoms with Crippen LogP contribution in [0.2, 0.25) is 0 Å². The molecule has 0 spiro atoms. The fraction of sp³-hybridized carbons (Fsp3) is 0.167. The normalized spacial score (nSPS) is 10.7. The molecule has 2 N–H and O–H groups in total. The first-order chi connectivity index (χ1) is 11.0. The van der Waals surface area contributed by atoms with E-state index < -0.39 is 0 Å². The van der Waals surface area contributed by atoms with Crippen LogP contribution < -0.4 is 10.9 Å². The van der Waals surface area contributed by atoms with Gasteiger partial charge in [0.25, 0.3) is 11.5 Å². The maximum absolute atomic E-state index is 12.2. The summed E-state index contributed by atoms with van der Waals surface area (Å²) < 4.78 is 0. The molecule has 1 amide bonds. The zero-order valence-corrected chi connectivity index (χ0v) is 13.0. The highest BCUT2D eigenvalue weighted by Gasteiger charge is 2.09. The Hall–Kier alpha value is -2.95. The predicted molar refractivity (Wildman–Crippen MR) is 89.4 cm³/mol. The lowest BCUT2D eigenvalue weighted by Gasteiger charge is -2.08. The van der Waals surface area contributed by atoms with E-state index in [2.05, 4.69) is 15.3 Å². The maximum atomic E-state index is 12.2. The molecule has 0 saturated carbocycles. The topological polar surface area (TPSA) is 74.8 Å². The van der Waals surface area contributed by atoms with Crippen molar-refractivity contribution >= 4 is 16.8 Å². The van der Waals surface area contributed by atoms with Crippen LogP contribution in [0.3, 0.4) is 0 Å². The summed E-state index contributed by atoms with van der Waals surface area (Å²) >= 11 is 0. The zero-order valence-electron chi connectivity index (χ0n) is 13.0. The van der Waals surface area contributed by atoms with Crippen molar-refractivity contribution in [3.63, 3.8) is 0 Å². The first-order valence-corrected chi connectivity index (χ1v) is 7.37. The second-order valence-electron chi connectivity index (χ2n) is 5.55. The number of carbonyl (C=O) groups is 1. The number of amides is 1. The number of nitrogens with one attached hydrogen (secondary N) is 2. The summed E-state index contributed by atoms with van der Waals surface area (Å²) in [4.78, 5) is 31.0. The lowest BCUT2D eigenvalue weighted by atomic mass is 10.0. The van der Waals surface area contributed by atoms with Crippen molar-refractivity contribution in [1.82, 2.24) is 15.3 Å². The molecular formula is C18H17N3O2. The average molecular weight is 307 g/mol. The van der Waals surface area contributed by atoms with Crippen molar-refractivity contribution in [2.45, 2.75) is 20.4 Å². The molecule has 5 heteroatoms. The monoisotopic (exact) mass is 307 g/mol. The van der Waals surface area contributed by atoms with Gasteiger partial charge in [0, 0.05) is 23.8 Å². The Labute approximate surface area is 133 Å². The second kappa shape index (κ2) is 6.04. The maximum Gasteiger partial charge on any atom is 0.270 e. The Bertz CT molecular complexity index is 930. The van der Waals surface area contributed by atoms with E-state index in [0.717, 1.165) is 22.0 Å². The van der Waals surface area contributed by atoms with E-state index in [1.54, 1.807) is 24.4 Å². The van der Waals surface area contributed by atoms with Gasteiger partial charge in [0.15, 0.2) is 0 Å². The fourth-order valence-electron chi connectivity index (χ4n) is 2.42. The van der Waals surface area contributed by atoms with Crippen molar-refractivity contribution in [3.05, 3.63) is 75.3 Å². The molecule has 5 nitrogen and oxygen atoms in total. The van der Waals surface area contributed by atoms with Crippen LogP contribution in [0.15, 0.2) is 47.4 Å². The molecule has 0 saturated heterocycles. The highest BCUT2D eigenvalue weighted by atomic mass is 16.2. The Morgan fingerprint density at radius 1 is 1.17 bits per heavy atom. The minimum absolute atomic E-state index is 0.160. The molecule has 0 aliphatic carbocycles. The van der Waals surface area contributed by atoms with Gasteiger partial charge >= 0.3 is 0 Å². The Kier molecular flexibility index (Phi) is 3.93. The summed E-state index contributed by atoms with van der Waals surface area (Å²) in [5.74, 6) is -0.301. The number of carbonyl (C=O) groups excluding carboxylic acids is 1. The molecule has 0 bridgehead atoms. The number of hydrogen-bond donors (Lipinski definition) is 2. The van der Waals surface area contributed by atoms with Crippen molar-refractivity contribution in [1.29, 1.82) is 0 Å². The number of benzene rings is 1. The number of pyridine rings is 2. The molecule has 1 aromatic carbocycles. The van der Waals surface area contributed by atoms with Crippen LogP contribution in [0.4, 0.5) is 0 Å². The van der Waals surface area contributed by atoms with Crippen LogP contribution in [0.1, 0.15) is 27.2 Å². The van der Waals surface area contributed by atoms with E-state index in [1.807, 2.05) is 32.0 Å². The van der Waals surface area contributed by atoms with Crippen molar-refractivity contribution < 1.29 is 4.79 Å². The van der Waals surface area contributed by atoms with Crippen LogP contribution in [0, 0.1) is 13.8 Å². The Balaban J connectivity index is 1.86. The lowest BCUT2D eigenvalue weighted by Crippen LogP contribution is -2.27. The zero-order chi connectivity index (χ0) is 16.4. The van der Waals surface area contributed by atoms with E-state index >= 15 is 0 Å². The lowest BCUT2D eigenvalue weighted by molar-refractivity contribution is 0.0946. The largest absolute Gasteiger partial charge is 0.346 e. The van der Waals surface area contributed by atoms with E-state index in [9.17, 15) is 9.59 Å². The number of nitrogens with zero attached hydrogens (tertiary/aromatic N) is 1. The standard InChI is InChI=1S/C18H17N3O2/c1-11-7-13-9-14(17(22)21-16(13)8-12(11)2)10-20-18(23)15-5-3-4-6-19-15/h3-9H,10H2,1-2H3,(H,20,23)(H,21,22). The first kappa shape index (κ1) is 15.0.